The van der Waals surface area contributed by atoms with Crippen molar-refractivity contribution in [3.8, 4) is 11.6 Å². The number of aromatic nitrogens is 2. The van der Waals surface area contributed by atoms with Crippen LogP contribution in [-0.4, -0.2) is 48.1 Å². The molecule has 1 aromatic carbocycles. The molecule has 1 unspecified atom stereocenters. The Kier molecular flexibility index (Phi) is 5.40. The van der Waals surface area contributed by atoms with E-state index < -0.39 is 0 Å². The fourth-order valence-electron chi connectivity index (χ4n) is 2.69. The Labute approximate surface area is 147 Å². The Morgan fingerprint density at radius 1 is 1.08 bits per heavy atom. The monoisotopic (exact) mass is 348 g/mol. The molecule has 0 N–H and O–H groups in total. The summed E-state index contributed by atoms with van der Waals surface area (Å²) in [4.78, 5) is 4.65. The van der Waals surface area contributed by atoms with Gasteiger partial charge in [0, 0.05) is 31.9 Å². The molecule has 1 aliphatic rings. The van der Waals surface area contributed by atoms with Crippen LogP contribution in [0, 0.1) is 0 Å². The summed E-state index contributed by atoms with van der Waals surface area (Å²) in [7, 11) is 1.69. The molecule has 2 aromatic rings. The molecule has 0 radical (unpaired) electrons. The van der Waals surface area contributed by atoms with Crippen molar-refractivity contribution in [2.24, 2.45) is 0 Å². The zero-order chi connectivity index (χ0) is 16.9. The molecule has 1 fully saturated rings. The van der Waals surface area contributed by atoms with Crippen LogP contribution in [0.25, 0.3) is 0 Å². The van der Waals surface area contributed by atoms with Crippen molar-refractivity contribution in [1.29, 1.82) is 0 Å². The van der Waals surface area contributed by atoms with Gasteiger partial charge in [-0.05, 0) is 37.6 Å². The Hall–Kier alpha value is -2.02. The van der Waals surface area contributed by atoms with E-state index in [1.54, 1.807) is 7.11 Å². The van der Waals surface area contributed by atoms with Gasteiger partial charge in [0.25, 0.3) is 5.88 Å². The number of methoxy groups -OCH3 is 1. The van der Waals surface area contributed by atoms with Crippen LogP contribution in [0.1, 0.15) is 20.3 Å². The van der Waals surface area contributed by atoms with Crippen LogP contribution >= 0.6 is 11.7 Å². The van der Waals surface area contributed by atoms with Crippen molar-refractivity contribution < 1.29 is 9.47 Å². The predicted octanol–water partition coefficient (Wildman–Crippen LogP) is 3.05. The van der Waals surface area contributed by atoms with Gasteiger partial charge in [-0.15, -0.1) is 4.37 Å². The second kappa shape index (κ2) is 7.70. The lowest BCUT2D eigenvalue weighted by Gasteiger charge is -2.36. The summed E-state index contributed by atoms with van der Waals surface area (Å²) in [6.07, 6.45) is 1.12. The van der Waals surface area contributed by atoms with E-state index in [0.717, 1.165) is 44.2 Å². The van der Waals surface area contributed by atoms with Gasteiger partial charge < -0.3 is 19.3 Å². The lowest BCUT2D eigenvalue weighted by molar-refractivity contribution is 0.211. The molecule has 2 heterocycles. The minimum atomic E-state index is 0.160. The number of hydrogen-bond donors (Lipinski definition) is 0. The van der Waals surface area contributed by atoms with E-state index in [2.05, 4.69) is 44.5 Å². The van der Waals surface area contributed by atoms with Gasteiger partial charge >= 0.3 is 0 Å². The third-order valence-electron chi connectivity index (χ3n) is 4.35. The van der Waals surface area contributed by atoms with Gasteiger partial charge in [-0.2, -0.15) is 4.37 Å². The van der Waals surface area contributed by atoms with Crippen molar-refractivity contribution in [2.45, 2.75) is 26.4 Å². The molecule has 7 heteroatoms. The first kappa shape index (κ1) is 16.8. The predicted molar refractivity (Wildman–Crippen MR) is 97.7 cm³/mol. The number of benzene rings is 1. The molecule has 1 aromatic heterocycles. The molecule has 130 valence electrons. The molecular formula is C17H24N4O2S. The topological polar surface area (TPSA) is 50.7 Å². The van der Waals surface area contributed by atoms with E-state index in [9.17, 15) is 0 Å². The lowest BCUT2D eigenvalue weighted by Crippen LogP contribution is -2.46. The Morgan fingerprint density at radius 2 is 1.75 bits per heavy atom. The fourth-order valence-corrected chi connectivity index (χ4v) is 3.20. The second-order valence-electron chi connectivity index (χ2n) is 5.90. The molecule has 0 aliphatic carbocycles. The number of piperazine rings is 1. The zero-order valence-electron chi connectivity index (χ0n) is 14.4. The molecule has 1 aliphatic heterocycles. The van der Waals surface area contributed by atoms with Gasteiger partial charge in [-0.3, -0.25) is 0 Å². The molecule has 24 heavy (non-hydrogen) atoms. The van der Waals surface area contributed by atoms with Gasteiger partial charge in [-0.25, -0.2) is 0 Å². The second-order valence-corrected chi connectivity index (χ2v) is 6.43. The van der Waals surface area contributed by atoms with Gasteiger partial charge in [0.2, 0.25) is 5.82 Å². The van der Waals surface area contributed by atoms with E-state index in [4.69, 9.17) is 9.47 Å². The minimum absolute atomic E-state index is 0.160. The SMILES string of the molecule is CCC(C)Oc1nsnc1N1CCN(c2ccc(OC)cc2)CC1. The van der Waals surface area contributed by atoms with E-state index >= 15 is 0 Å². The quantitative estimate of drug-likeness (QED) is 0.800. The summed E-state index contributed by atoms with van der Waals surface area (Å²) in [5.41, 5.74) is 1.22. The highest BCUT2D eigenvalue weighted by Crippen LogP contribution is 2.29. The number of anilines is 2. The molecule has 0 spiro atoms. The maximum absolute atomic E-state index is 5.89. The Balaban J connectivity index is 1.61. The van der Waals surface area contributed by atoms with Crippen LogP contribution in [-0.2, 0) is 0 Å². The van der Waals surface area contributed by atoms with Gasteiger partial charge in [0.15, 0.2) is 0 Å². The molecule has 0 bridgehead atoms. The average Bonchev–Trinajstić information content (AvgIpc) is 3.10. The Morgan fingerprint density at radius 3 is 2.38 bits per heavy atom. The summed E-state index contributed by atoms with van der Waals surface area (Å²) < 4.78 is 19.9. The first-order chi connectivity index (χ1) is 11.7. The first-order valence-electron chi connectivity index (χ1n) is 8.34. The van der Waals surface area contributed by atoms with Crippen molar-refractivity contribution in [3.63, 3.8) is 0 Å². The van der Waals surface area contributed by atoms with Crippen molar-refractivity contribution in [2.75, 3.05) is 43.1 Å². The van der Waals surface area contributed by atoms with Gasteiger partial charge in [0.1, 0.15) is 5.75 Å². The number of ether oxygens (including phenoxy) is 2. The maximum Gasteiger partial charge on any atom is 0.271 e. The molecule has 0 amide bonds. The third-order valence-corrected chi connectivity index (χ3v) is 4.85. The third kappa shape index (κ3) is 3.72. The van der Waals surface area contributed by atoms with Crippen molar-refractivity contribution in [1.82, 2.24) is 8.75 Å². The van der Waals surface area contributed by atoms with Crippen molar-refractivity contribution in [3.05, 3.63) is 24.3 Å². The smallest absolute Gasteiger partial charge is 0.271 e. The molecule has 3 rings (SSSR count). The molecule has 1 atom stereocenters. The zero-order valence-corrected chi connectivity index (χ0v) is 15.3. The van der Waals surface area contributed by atoms with Crippen LogP contribution in [0.3, 0.4) is 0 Å². The highest BCUT2D eigenvalue weighted by atomic mass is 32.1. The summed E-state index contributed by atoms with van der Waals surface area (Å²) in [5, 5.41) is 0. The maximum atomic E-state index is 5.89. The van der Waals surface area contributed by atoms with Crippen LogP contribution in [0.5, 0.6) is 11.6 Å². The van der Waals surface area contributed by atoms with Crippen LogP contribution in [0.15, 0.2) is 24.3 Å². The average molecular weight is 348 g/mol. The van der Waals surface area contributed by atoms with E-state index in [0.29, 0.717) is 5.88 Å². The fraction of sp³-hybridized carbons (Fsp3) is 0.529. The molecular weight excluding hydrogens is 324 g/mol. The van der Waals surface area contributed by atoms with Gasteiger partial charge in [-0.1, -0.05) is 6.92 Å². The minimum Gasteiger partial charge on any atom is -0.497 e. The molecule has 6 nitrogen and oxygen atoms in total. The summed E-state index contributed by atoms with van der Waals surface area (Å²) in [5.74, 6) is 2.44. The lowest BCUT2D eigenvalue weighted by atomic mass is 10.2. The standard InChI is InChI=1S/C17H24N4O2S/c1-4-13(2)23-17-16(18-24-19-17)21-11-9-20(10-12-21)14-5-7-15(22-3)8-6-14/h5-8,13H,4,9-12H2,1-3H3. The van der Waals surface area contributed by atoms with E-state index in [-0.39, 0.29) is 6.10 Å². The van der Waals surface area contributed by atoms with Crippen LogP contribution in [0.2, 0.25) is 0 Å². The van der Waals surface area contributed by atoms with E-state index in [1.807, 2.05) is 12.1 Å². The van der Waals surface area contributed by atoms with Gasteiger partial charge in [0.05, 0.1) is 24.9 Å². The summed E-state index contributed by atoms with van der Waals surface area (Å²) in [6.45, 7) is 7.89. The molecule has 1 saturated heterocycles. The number of rotatable bonds is 6. The molecule has 0 saturated carbocycles. The first-order valence-corrected chi connectivity index (χ1v) is 9.07. The van der Waals surface area contributed by atoms with Crippen LogP contribution < -0.4 is 19.3 Å². The normalized spacial score (nSPS) is 16.1. The van der Waals surface area contributed by atoms with Crippen LogP contribution in [0.4, 0.5) is 11.5 Å². The Bertz CT molecular complexity index is 638. The van der Waals surface area contributed by atoms with E-state index in [1.165, 1.54) is 17.4 Å². The highest BCUT2D eigenvalue weighted by Gasteiger charge is 2.23. The number of hydrogen-bond acceptors (Lipinski definition) is 7. The summed E-state index contributed by atoms with van der Waals surface area (Å²) >= 11 is 1.22. The highest BCUT2D eigenvalue weighted by molar-refractivity contribution is 6.99. The largest absolute Gasteiger partial charge is 0.497 e. The summed E-state index contributed by atoms with van der Waals surface area (Å²) in [6, 6.07) is 8.22. The van der Waals surface area contributed by atoms with Crippen molar-refractivity contribution >= 4 is 23.2 Å². The number of nitrogens with zero attached hydrogens (tertiary/aromatic N) is 4.